The smallest absolute Gasteiger partial charge is 0.251 e. The molecule has 0 radical (unpaired) electrons. The van der Waals surface area contributed by atoms with E-state index in [1.165, 1.54) is 0 Å². The number of H-pyrrole nitrogens is 1. The fourth-order valence-electron chi connectivity index (χ4n) is 2.94. The summed E-state index contributed by atoms with van der Waals surface area (Å²) < 4.78 is 11.5. The number of hydrogen-bond acceptors (Lipinski definition) is 3. The molecule has 1 saturated heterocycles. The average molecular weight is 333 g/mol. The molecular weight excluding hydrogens is 310 g/mol. The summed E-state index contributed by atoms with van der Waals surface area (Å²) in [4.78, 5) is 17.8. The standard InChI is InChI=1S/C17H23N3O2S/c1-17(2,20-7-9-23(22)10-8-20)12-19-16(21)14-4-3-13-5-6-18-15(13)11-14/h3-6,11,18H,7-10,12H2,1-2H3,(H,19,21). The van der Waals surface area contributed by atoms with Gasteiger partial charge in [-0.05, 0) is 37.4 Å². The SMILES string of the molecule is CC(C)(CNC(=O)c1ccc2cc[nH]c2c1)N1CCS(=O)CC1. The molecule has 6 heteroatoms. The van der Waals surface area contributed by atoms with Crippen LogP contribution < -0.4 is 5.32 Å². The number of rotatable bonds is 4. The lowest BCUT2D eigenvalue weighted by Gasteiger charge is -2.40. The minimum Gasteiger partial charge on any atom is -0.361 e. The normalized spacial score (nSPS) is 17.5. The fourth-order valence-corrected chi connectivity index (χ4v) is 3.99. The third kappa shape index (κ3) is 3.64. The molecule has 0 atom stereocenters. The molecule has 1 aromatic heterocycles. The van der Waals surface area contributed by atoms with Gasteiger partial charge in [0.1, 0.15) is 0 Å². The molecule has 2 N–H and O–H groups in total. The van der Waals surface area contributed by atoms with Crippen molar-refractivity contribution in [3.05, 3.63) is 36.0 Å². The number of carbonyl (C=O) groups is 1. The highest BCUT2D eigenvalue weighted by atomic mass is 32.2. The molecule has 1 aliphatic rings. The van der Waals surface area contributed by atoms with E-state index in [2.05, 4.69) is 29.0 Å². The second kappa shape index (κ2) is 6.45. The van der Waals surface area contributed by atoms with Gasteiger partial charge >= 0.3 is 0 Å². The summed E-state index contributed by atoms with van der Waals surface area (Å²) in [6.45, 7) is 6.46. The first kappa shape index (κ1) is 16.2. The molecular formula is C17H23N3O2S. The number of hydrogen-bond donors (Lipinski definition) is 2. The summed E-state index contributed by atoms with van der Waals surface area (Å²) in [5.74, 6) is 1.39. The Morgan fingerprint density at radius 3 is 2.78 bits per heavy atom. The maximum Gasteiger partial charge on any atom is 0.251 e. The maximum absolute atomic E-state index is 12.4. The van der Waals surface area contributed by atoms with Crippen LogP contribution in [-0.2, 0) is 10.8 Å². The van der Waals surface area contributed by atoms with Gasteiger partial charge in [-0.25, -0.2) is 0 Å². The van der Waals surface area contributed by atoms with Crippen LogP contribution in [0, 0.1) is 0 Å². The highest BCUT2D eigenvalue weighted by Gasteiger charge is 2.30. The van der Waals surface area contributed by atoms with Gasteiger partial charge in [0.05, 0.1) is 0 Å². The van der Waals surface area contributed by atoms with Crippen LogP contribution in [0.3, 0.4) is 0 Å². The van der Waals surface area contributed by atoms with E-state index in [1.807, 2.05) is 30.5 Å². The van der Waals surface area contributed by atoms with Gasteiger partial charge in [0.2, 0.25) is 0 Å². The minimum atomic E-state index is -0.680. The Labute approximate surface area is 138 Å². The van der Waals surface area contributed by atoms with E-state index in [1.54, 1.807) is 0 Å². The molecule has 2 heterocycles. The number of benzene rings is 1. The molecule has 0 spiro atoms. The zero-order valence-corrected chi connectivity index (χ0v) is 14.4. The molecule has 0 saturated carbocycles. The summed E-state index contributed by atoms with van der Waals surface area (Å²) in [7, 11) is -0.680. The van der Waals surface area contributed by atoms with Crippen LogP contribution in [-0.4, -0.2) is 56.7 Å². The summed E-state index contributed by atoms with van der Waals surface area (Å²) >= 11 is 0. The van der Waals surface area contributed by atoms with Crippen molar-refractivity contribution in [3.8, 4) is 0 Å². The second-order valence-electron chi connectivity index (χ2n) is 6.61. The van der Waals surface area contributed by atoms with Crippen LogP contribution in [0.2, 0.25) is 0 Å². The van der Waals surface area contributed by atoms with E-state index in [0.717, 1.165) is 35.5 Å². The number of fused-ring (bicyclic) bond motifs is 1. The molecule has 1 aliphatic heterocycles. The average Bonchev–Trinajstić information content (AvgIpc) is 3.00. The number of aromatic amines is 1. The summed E-state index contributed by atoms with van der Waals surface area (Å²) in [5, 5.41) is 4.13. The van der Waals surface area contributed by atoms with Crippen LogP contribution >= 0.6 is 0 Å². The lowest BCUT2D eigenvalue weighted by molar-refractivity contribution is 0.0883. The number of aromatic nitrogens is 1. The number of nitrogens with zero attached hydrogens (tertiary/aromatic N) is 1. The number of nitrogens with one attached hydrogen (secondary N) is 2. The quantitative estimate of drug-likeness (QED) is 0.896. The van der Waals surface area contributed by atoms with Crippen molar-refractivity contribution < 1.29 is 9.00 Å². The molecule has 124 valence electrons. The van der Waals surface area contributed by atoms with E-state index in [-0.39, 0.29) is 11.4 Å². The van der Waals surface area contributed by atoms with Gasteiger partial charge in [-0.1, -0.05) is 6.07 Å². The molecule has 0 bridgehead atoms. The van der Waals surface area contributed by atoms with E-state index in [4.69, 9.17) is 0 Å². The number of amides is 1. The summed E-state index contributed by atoms with van der Waals surface area (Å²) in [6.07, 6.45) is 1.87. The van der Waals surface area contributed by atoms with Gasteiger partial charge < -0.3 is 10.3 Å². The van der Waals surface area contributed by atoms with Gasteiger partial charge in [-0.2, -0.15) is 0 Å². The van der Waals surface area contributed by atoms with Crippen LogP contribution in [0.4, 0.5) is 0 Å². The van der Waals surface area contributed by atoms with Gasteiger partial charge in [-0.15, -0.1) is 0 Å². The van der Waals surface area contributed by atoms with Crippen molar-refractivity contribution >= 4 is 27.6 Å². The van der Waals surface area contributed by atoms with Gasteiger partial charge in [-0.3, -0.25) is 13.9 Å². The Morgan fingerprint density at radius 1 is 1.30 bits per heavy atom. The molecule has 1 aromatic carbocycles. The maximum atomic E-state index is 12.4. The third-order valence-electron chi connectivity index (χ3n) is 4.53. The van der Waals surface area contributed by atoms with Crippen molar-refractivity contribution in [2.75, 3.05) is 31.1 Å². The minimum absolute atomic E-state index is 0.0600. The lowest BCUT2D eigenvalue weighted by Crippen LogP contribution is -2.55. The van der Waals surface area contributed by atoms with E-state index < -0.39 is 10.8 Å². The lowest BCUT2D eigenvalue weighted by atomic mass is 10.0. The topological polar surface area (TPSA) is 65.2 Å². The molecule has 5 nitrogen and oxygen atoms in total. The van der Waals surface area contributed by atoms with Crippen LogP contribution in [0.25, 0.3) is 10.9 Å². The van der Waals surface area contributed by atoms with Crippen molar-refractivity contribution in [2.45, 2.75) is 19.4 Å². The van der Waals surface area contributed by atoms with E-state index in [0.29, 0.717) is 12.1 Å². The van der Waals surface area contributed by atoms with Crippen molar-refractivity contribution in [1.29, 1.82) is 0 Å². The molecule has 1 fully saturated rings. The predicted octanol–water partition coefficient (Wildman–Crippen LogP) is 1.74. The molecule has 2 aromatic rings. The molecule has 23 heavy (non-hydrogen) atoms. The van der Waals surface area contributed by atoms with Crippen molar-refractivity contribution in [3.63, 3.8) is 0 Å². The van der Waals surface area contributed by atoms with Gasteiger partial charge in [0.15, 0.2) is 0 Å². The Balaban J connectivity index is 1.62. The molecule has 0 aliphatic carbocycles. The van der Waals surface area contributed by atoms with Crippen molar-refractivity contribution in [2.24, 2.45) is 0 Å². The molecule has 1 amide bonds. The van der Waals surface area contributed by atoms with E-state index >= 15 is 0 Å². The monoisotopic (exact) mass is 333 g/mol. The van der Waals surface area contributed by atoms with Crippen molar-refractivity contribution in [1.82, 2.24) is 15.2 Å². The number of carbonyl (C=O) groups excluding carboxylic acids is 1. The zero-order valence-electron chi connectivity index (χ0n) is 13.6. The fraction of sp³-hybridized carbons (Fsp3) is 0.471. The van der Waals surface area contributed by atoms with Gasteiger partial charge in [0, 0.05) is 64.8 Å². The largest absolute Gasteiger partial charge is 0.361 e. The Morgan fingerprint density at radius 2 is 2.04 bits per heavy atom. The zero-order chi connectivity index (χ0) is 16.4. The van der Waals surface area contributed by atoms with Crippen LogP contribution in [0.1, 0.15) is 24.2 Å². The molecule has 0 unspecified atom stereocenters. The highest BCUT2D eigenvalue weighted by molar-refractivity contribution is 7.85. The predicted molar refractivity (Wildman–Crippen MR) is 94.2 cm³/mol. The Kier molecular flexibility index (Phi) is 4.55. The second-order valence-corrected chi connectivity index (χ2v) is 8.31. The molecule has 3 rings (SSSR count). The summed E-state index contributed by atoms with van der Waals surface area (Å²) in [5.41, 5.74) is 1.49. The van der Waals surface area contributed by atoms with Crippen LogP contribution in [0.15, 0.2) is 30.5 Å². The Hall–Kier alpha value is -1.66. The first-order valence-electron chi connectivity index (χ1n) is 7.91. The third-order valence-corrected chi connectivity index (χ3v) is 5.81. The highest BCUT2D eigenvalue weighted by Crippen LogP contribution is 2.17. The Bertz CT molecular complexity index is 728. The van der Waals surface area contributed by atoms with Gasteiger partial charge in [0.25, 0.3) is 5.91 Å². The first-order chi connectivity index (χ1) is 11.0. The van der Waals surface area contributed by atoms with Crippen LogP contribution in [0.5, 0.6) is 0 Å². The summed E-state index contributed by atoms with van der Waals surface area (Å²) in [6, 6.07) is 7.66. The van der Waals surface area contributed by atoms with E-state index in [9.17, 15) is 9.00 Å². The first-order valence-corrected chi connectivity index (χ1v) is 9.40.